The van der Waals surface area contributed by atoms with Crippen LogP contribution in [0.2, 0.25) is 5.02 Å². The molecule has 7 nitrogen and oxygen atoms in total. The van der Waals surface area contributed by atoms with E-state index in [1.54, 1.807) is 18.3 Å². The van der Waals surface area contributed by atoms with Crippen molar-refractivity contribution in [3.8, 4) is 11.3 Å². The number of halogens is 1. The first kappa shape index (κ1) is 20.9. The number of rotatable bonds is 6. The highest BCUT2D eigenvalue weighted by Crippen LogP contribution is 2.23. The number of piperazine rings is 1. The van der Waals surface area contributed by atoms with Crippen molar-refractivity contribution in [2.75, 3.05) is 45.8 Å². The lowest BCUT2D eigenvalue weighted by molar-refractivity contribution is -0.134. The van der Waals surface area contributed by atoms with Gasteiger partial charge >= 0.3 is 0 Å². The third kappa shape index (κ3) is 5.21. The van der Waals surface area contributed by atoms with Gasteiger partial charge in [-0.2, -0.15) is 0 Å². The summed E-state index contributed by atoms with van der Waals surface area (Å²) in [5.74, 6) is 1.55. The Bertz CT molecular complexity index is 869. The normalized spacial score (nSPS) is 17.5. The van der Waals surface area contributed by atoms with Gasteiger partial charge in [-0.05, 0) is 37.1 Å². The molecular weight excluding hydrogens is 404 g/mol. The summed E-state index contributed by atoms with van der Waals surface area (Å²) < 4.78 is 5.78. The van der Waals surface area contributed by atoms with Crippen LogP contribution in [-0.2, 0) is 16.0 Å². The highest BCUT2D eigenvalue weighted by Gasteiger charge is 2.25. The van der Waals surface area contributed by atoms with Crippen molar-refractivity contribution >= 4 is 23.4 Å². The molecule has 0 radical (unpaired) electrons. The standard InChI is InChI=1S/C22H27ClN4O3/c23-18-5-3-17(4-6-18)19-15-24-20(30-19)7-8-21(28)27-13-11-25(12-14-27)16-22(29)26-9-1-2-10-26/h3-6,15H,1-2,7-14,16H2. The van der Waals surface area contributed by atoms with Gasteiger partial charge in [-0.3, -0.25) is 14.5 Å². The molecule has 2 aromatic rings. The average Bonchev–Trinajstić information content (AvgIpc) is 3.45. The molecule has 0 unspecified atom stereocenters. The second kappa shape index (κ2) is 9.62. The molecule has 2 aliphatic rings. The number of benzene rings is 1. The van der Waals surface area contributed by atoms with Gasteiger partial charge in [0.25, 0.3) is 0 Å². The van der Waals surface area contributed by atoms with Gasteiger partial charge < -0.3 is 14.2 Å². The number of nitrogens with zero attached hydrogens (tertiary/aromatic N) is 4. The summed E-state index contributed by atoms with van der Waals surface area (Å²) in [5, 5.41) is 0.671. The van der Waals surface area contributed by atoms with Crippen LogP contribution in [0.25, 0.3) is 11.3 Å². The van der Waals surface area contributed by atoms with Gasteiger partial charge in [0, 0.05) is 62.7 Å². The zero-order chi connectivity index (χ0) is 20.9. The minimum absolute atomic E-state index is 0.103. The molecular formula is C22H27ClN4O3. The molecule has 1 aromatic heterocycles. The molecule has 2 amide bonds. The first-order valence-electron chi connectivity index (χ1n) is 10.6. The second-order valence-electron chi connectivity index (χ2n) is 7.87. The molecule has 1 aromatic carbocycles. The number of carbonyl (C=O) groups excluding carboxylic acids is 2. The Morgan fingerprint density at radius 2 is 1.60 bits per heavy atom. The average molecular weight is 431 g/mol. The highest BCUT2D eigenvalue weighted by molar-refractivity contribution is 6.30. The zero-order valence-corrected chi connectivity index (χ0v) is 17.8. The first-order chi connectivity index (χ1) is 14.6. The number of aryl methyl sites for hydroxylation is 1. The molecule has 0 atom stereocenters. The molecule has 0 bridgehead atoms. The van der Waals surface area contributed by atoms with E-state index in [9.17, 15) is 9.59 Å². The molecule has 2 fully saturated rings. The van der Waals surface area contributed by atoms with Gasteiger partial charge in [-0.15, -0.1) is 0 Å². The molecule has 0 spiro atoms. The van der Waals surface area contributed by atoms with Crippen molar-refractivity contribution in [3.05, 3.63) is 41.4 Å². The smallest absolute Gasteiger partial charge is 0.236 e. The predicted molar refractivity (Wildman–Crippen MR) is 114 cm³/mol. The van der Waals surface area contributed by atoms with E-state index >= 15 is 0 Å². The predicted octanol–water partition coefficient (Wildman–Crippen LogP) is 2.69. The van der Waals surface area contributed by atoms with E-state index in [0.29, 0.717) is 49.1 Å². The first-order valence-corrected chi connectivity index (χ1v) is 10.9. The lowest BCUT2D eigenvalue weighted by Gasteiger charge is -2.35. The quantitative estimate of drug-likeness (QED) is 0.704. The van der Waals surface area contributed by atoms with Crippen LogP contribution in [0.1, 0.15) is 25.2 Å². The second-order valence-corrected chi connectivity index (χ2v) is 8.31. The largest absolute Gasteiger partial charge is 0.441 e. The molecule has 4 rings (SSSR count). The van der Waals surface area contributed by atoms with Crippen molar-refractivity contribution in [1.29, 1.82) is 0 Å². The van der Waals surface area contributed by atoms with Crippen molar-refractivity contribution < 1.29 is 14.0 Å². The minimum Gasteiger partial charge on any atom is -0.441 e. The van der Waals surface area contributed by atoms with Crippen LogP contribution in [0.15, 0.2) is 34.9 Å². The summed E-state index contributed by atoms with van der Waals surface area (Å²) in [6, 6.07) is 7.37. The van der Waals surface area contributed by atoms with Gasteiger partial charge in [0.2, 0.25) is 11.8 Å². The molecule has 0 saturated carbocycles. The number of hydrogen-bond acceptors (Lipinski definition) is 5. The molecule has 2 saturated heterocycles. The van der Waals surface area contributed by atoms with Crippen LogP contribution in [0.5, 0.6) is 0 Å². The summed E-state index contributed by atoms with van der Waals surface area (Å²) >= 11 is 5.92. The lowest BCUT2D eigenvalue weighted by atomic mass is 10.2. The number of aromatic nitrogens is 1. The summed E-state index contributed by atoms with van der Waals surface area (Å²) in [7, 11) is 0. The van der Waals surface area contributed by atoms with Crippen LogP contribution in [-0.4, -0.2) is 77.3 Å². The molecule has 0 N–H and O–H groups in total. The maximum Gasteiger partial charge on any atom is 0.236 e. The summed E-state index contributed by atoms with van der Waals surface area (Å²) in [6.45, 7) is 5.04. The van der Waals surface area contributed by atoms with Gasteiger partial charge in [-0.1, -0.05) is 11.6 Å². The molecule has 8 heteroatoms. The Balaban J connectivity index is 1.21. The third-order valence-electron chi connectivity index (χ3n) is 5.78. The molecule has 3 heterocycles. The molecule has 160 valence electrons. The van der Waals surface area contributed by atoms with Gasteiger partial charge in [-0.25, -0.2) is 4.98 Å². The Labute approximate surface area is 181 Å². The molecule has 30 heavy (non-hydrogen) atoms. The van der Waals surface area contributed by atoms with E-state index in [0.717, 1.165) is 44.6 Å². The van der Waals surface area contributed by atoms with Crippen molar-refractivity contribution in [3.63, 3.8) is 0 Å². The van der Waals surface area contributed by atoms with E-state index in [1.807, 2.05) is 21.9 Å². The summed E-state index contributed by atoms with van der Waals surface area (Å²) in [6.07, 6.45) is 4.74. The Kier molecular flexibility index (Phi) is 6.69. The van der Waals surface area contributed by atoms with Crippen molar-refractivity contribution in [1.82, 2.24) is 19.7 Å². The van der Waals surface area contributed by atoms with Crippen LogP contribution in [0, 0.1) is 0 Å². The molecule has 0 aliphatic carbocycles. The number of hydrogen-bond donors (Lipinski definition) is 0. The lowest BCUT2D eigenvalue weighted by Crippen LogP contribution is -2.51. The SMILES string of the molecule is O=C(CCc1ncc(-c2ccc(Cl)cc2)o1)N1CCN(CC(=O)N2CCCC2)CC1. The highest BCUT2D eigenvalue weighted by atomic mass is 35.5. The van der Waals surface area contributed by atoms with Crippen LogP contribution in [0.4, 0.5) is 0 Å². The number of oxazole rings is 1. The van der Waals surface area contributed by atoms with Crippen molar-refractivity contribution in [2.24, 2.45) is 0 Å². The van der Waals surface area contributed by atoms with Crippen molar-refractivity contribution in [2.45, 2.75) is 25.7 Å². The monoisotopic (exact) mass is 430 g/mol. The summed E-state index contributed by atoms with van der Waals surface area (Å²) in [4.78, 5) is 35.1. The maximum absolute atomic E-state index is 12.6. The van der Waals surface area contributed by atoms with Gasteiger partial charge in [0.15, 0.2) is 11.7 Å². The summed E-state index contributed by atoms with van der Waals surface area (Å²) in [5.41, 5.74) is 0.907. The minimum atomic E-state index is 0.103. The zero-order valence-electron chi connectivity index (χ0n) is 17.1. The van der Waals surface area contributed by atoms with Crippen LogP contribution >= 0.6 is 11.6 Å². The Hall–Kier alpha value is -2.38. The van der Waals surface area contributed by atoms with E-state index in [2.05, 4.69) is 9.88 Å². The van der Waals surface area contributed by atoms with E-state index in [-0.39, 0.29) is 11.8 Å². The number of likely N-dealkylation sites (tertiary alicyclic amines) is 1. The maximum atomic E-state index is 12.6. The van der Waals surface area contributed by atoms with Crippen LogP contribution < -0.4 is 0 Å². The number of amides is 2. The molecule has 2 aliphatic heterocycles. The number of carbonyl (C=O) groups is 2. The fourth-order valence-electron chi connectivity index (χ4n) is 3.96. The Morgan fingerprint density at radius 1 is 0.933 bits per heavy atom. The van der Waals surface area contributed by atoms with E-state index in [1.165, 1.54) is 0 Å². The van der Waals surface area contributed by atoms with Gasteiger partial charge in [0.1, 0.15) is 0 Å². The van der Waals surface area contributed by atoms with Gasteiger partial charge in [0.05, 0.1) is 12.7 Å². The fraction of sp³-hybridized carbons (Fsp3) is 0.500. The van der Waals surface area contributed by atoms with E-state index in [4.69, 9.17) is 16.0 Å². The Morgan fingerprint density at radius 3 is 2.30 bits per heavy atom. The third-order valence-corrected chi connectivity index (χ3v) is 6.03. The van der Waals surface area contributed by atoms with Crippen LogP contribution in [0.3, 0.4) is 0 Å². The van der Waals surface area contributed by atoms with E-state index < -0.39 is 0 Å². The fourth-order valence-corrected chi connectivity index (χ4v) is 4.08. The topological polar surface area (TPSA) is 69.9 Å².